The van der Waals surface area contributed by atoms with E-state index in [0.29, 0.717) is 0 Å². The third kappa shape index (κ3) is 4.05. The van der Waals surface area contributed by atoms with Crippen molar-refractivity contribution >= 4 is 45.9 Å². The average Bonchev–Trinajstić information content (AvgIpc) is 2.34. The number of hydrogen-bond acceptors (Lipinski definition) is 9. The van der Waals surface area contributed by atoms with Gasteiger partial charge in [-0.05, 0) is 10.8 Å². The van der Waals surface area contributed by atoms with Gasteiger partial charge in [-0.15, -0.1) is 12.6 Å². The molecule has 0 saturated heterocycles. The van der Waals surface area contributed by atoms with Crippen LogP contribution in [0.1, 0.15) is 10.4 Å². The fourth-order valence-corrected chi connectivity index (χ4v) is 2.81. The molecule has 1 aromatic heterocycles. The molecule has 1 aromatic rings. The molecule has 0 radical (unpaired) electrons. The molecule has 2 N–H and O–H groups in total. The van der Waals surface area contributed by atoms with Gasteiger partial charge in [0.15, 0.2) is 5.03 Å². The topological polar surface area (TPSA) is 108 Å². The molecule has 0 aliphatic carbocycles. The summed E-state index contributed by atoms with van der Waals surface area (Å²) in [5.74, 6) is -0.680. The highest BCUT2D eigenvalue weighted by molar-refractivity contribution is 8.78. The molecule has 0 aliphatic heterocycles. The summed E-state index contributed by atoms with van der Waals surface area (Å²) in [6.45, 7) is 0. The van der Waals surface area contributed by atoms with Gasteiger partial charge < -0.3 is 10.5 Å². The van der Waals surface area contributed by atoms with Crippen LogP contribution in [0.5, 0.6) is 0 Å². The highest BCUT2D eigenvalue weighted by Gasteiger charge is 2.20. The Hall–Kier alpha value is -0.970. The number of nitro groups is 1. The van der Waals surface area contributed by atoms with E-state index in [1.54, 1.807) is 0 Å². The minimum atomic E-state index is -0.680. The quantitative estimate of drug-likeness (QED) is 0.211. The van der Waals surface area contributed by atoms with Crippen molar-refractivity contribution in [1.82, 2.24) is 4.98 Å². The van der Waals surface area contributed by atoms with Gasteiger partial charge in [-0.1, -0.05) is 10.8 Å². The van der Waals surface area contributed by atoms with E-state index in [1.807, 2.05) is 0 Å². The van der Waals surface area contributed by atoms with Crippen molar-refractivity contribution in [2.75, 3.05) is 7.11 Å². The van der Waals surface area contributed by atoms with Crippen LogP contribution in [-0.2, 0) is 4.74 Å². The van der Waals surface area contributed by atoms with Crippen LogP contribution < -0.4 is 5.73 Å². The van der Waals surface area contributed by atoms with Crippen LogP contribution in [-0.4, -0.2) is 27.7 Å². The van der Waals surface area contributed by atoms with Crippen molar-refractivity contribution in [3.8, 4) is 0 Å². The Morgan fingerprint density at radius 2 is 2.39 bits per heavy atom. The lowest BCUT2D eigenvalue weighted by Gasteiger charge is -2.04. The number of rotatable bonds is 5. The SMILES string of the molecule is COC(=O)c1cnc(SSC(N)S)c([N+](=O)[O-])c1. The first kappa shape index (κ1) is 15.1. The first-order valence-electron chi connectivity index (χ1n) is 4.45. The Kier molecular flexibility index (Phi) is 5.72. The molecule has 1 rings (SSSR count). The third-order valence-corrected chi connectivity index (χ3v) is 4.57. The molecule has 1 unspecified atom stereocenters. The number of ether oxygens (including phenoxy) is 1. The number of aromatic nitrogens is 1. The van der Waals surface area contributed by atoms with Gasteiger partial charge in [0.05, 0.1) is 17.6 Å². The van der Waals surface area contributed by atoms with E-state index in [9.17, 15) is 14.9 Å². The van der Waals surface area contributed by atoms with E-state index in [-0.39, 0.29) is 16.3 Å². The molecule has 18 heavy (non-hydrogen) atoms. The Morgan fingerprint density at radius 3 is 2.89 bits per heavy atom. The highest BCUT2D eigenvalue weighted by atomic mass is 33.1. The number of nitrogens with zero attached hydrogens (tertiary/aromatic N) is 2. The summed E-state index contributed by atoms with van der Waals surface area (Å²) in [5.41, 5.74) is 5.15. The van der Waals surface area contributed by atoms with Crippen LogP contribution in [0, 0.1) is 10.1 Å². The number of nitrogens with two attached hydrogens (primary N) is 1. The fraction of sp³-hybridized carbons (Fsp3) is 0.250. The zero-order valence-electron chi connectivity index (χ0n) is 9.10. The second-order valence-electron chi connectivity index (χ2n) is 2.87. The van der Waals surface area contributed by atoms with Crippen LogP contribution in [0.25, 0.3) is 0 Å². The molecule has 0 spiro atoms. The van der Waals surface area contributed by atoms with Crippen LogP contribution in [0.15, 0.2) is 17.3 Å². The van der Waals surface area contributed by atoms with Crippen molar-refractivity contribution in [2.24, 2.45) is 5.73 Å². The first-order valence-corrected chi connectivity index (χ1v) is 7.18. The number of pyridine rings is 1. The van der Waals surface area contributed by atoms with Gasteiger partial charge in [-0.3, -0.25) is 10.1 Å². The predicted octanol–water partition coefficient (Wildman–Crippen LogP) is 1.69. The number of hydrogen-bond donors (Lipinski definition) is 2. The zero-order chi connectivity index (χ0) is 13.7. The van der Waals surface area contributed by atoms with Crippen LogP contribution in [0.4, 0.5) is 5.69 Å². The van der Waals surface area contributed by atoms with E-state index in [4.69, 9.17) is 5.73 Å². The van der Waals surface area contributed by atoms with Crippen molar-refractivity contribution in [1.29, 1.82) is 0 Å². The third-order valence-electron chi connectivity index (χ3n) is 1.68. The van der Waals surface area contributed by atoms with Crippen LogP contribution >= 0.6 is 34.2 Å². The predicted molar refractivity (Wildman–Crippen MR) is 72.6 cm³/mol. The van der Waals surface area contributed by atoms with E-state index in [0.717, 1.165) is 27.7 Å². The van der Waals surface area contributed by atoms with Gasteiger partial charge in [-0.25, -0.2) is 9.78 Å². The molecule has 0 saturated carbocycles. The molecular weight excluding hydrogens is 298 g/mol. The van der Waals surface area contributed by atoms with Crippen LogP contribution in [0.2, 0.25) is 0 Å². The molecule has 10 heteroatoms. The van der Waals surface area contributed by atoms with E-state index in [1.165, 1.54) is 13.3 Å². The summed E-state index contributed by atoms with van der Waals surface area (Å²) in [6.07, 6.45) is 1.21. The molecule has 98 valence electrons. The maximum atomic E-state index is 11.2. The Balaban J connectivity index is 3.04. The van der Waals surface area contributed by atoms with Gasteiger partial charge in [0.2, 0.25) is 0 Å². The second-order valence-corrected chi connectivity index (χ2v) is 6.10. The Bertz CT molecular complexity index is 469. The van der Waals surface area contributed by atoms with Gasteiger partial charge in [-0.2, -0.15) is 0 Å². The number of esters is 1. The van der Waals surface area contributed by atoms with Crippen molar-refractivity contribution in [3.05, 3.63) is 27.9 Å². The maximum absolute atomic E-state index is 11.2. The summed E-state index contributed by atoms with van der Waals surface area (Å²) in [6, 6.07) is 1.12. The molecule has 0 aliphatic rings. The lowest BCUT2D eigenvalue weighted by atomic mass is 10.3. The van der Waals surface area contributed by atoms with Crippen LogP contribution in [0.3, 0.4) is 0 Å². The average molecular weight is 307 g/mol. The summed E-state index contributed by atoms with van der Waals surface area (Å²) in [5, 5.41) is 11.0. The lowest BCUT2D eigenvalue weighted by Crippen LogP contribution is -2.05. The second kappa shape index (κ2) is 6.83. The van der Waals surface area contributed by atoms with Gasteiger partial charge in [0.1, 0.15) is 4.71 Å². The standard InChI is InChI=1S/C8H9N3O4S3/c1-15-7(12)4-2-5(11(13)14)6(10-3-4)17-18-8(9)16/h2-3,8,16H,9H2,1H3. The van der Waals surface area contributed by atoms with Crippen molar-refractivity contribution in [3.63, 3.8) is 0 Å². The van der Waals surface area contributed by atoms with Gasteiger partial charge in [0, 0.05) is 12.3 Å². The monoisotopic (exact) mass is 307 g/mol. The molecule has 1 atom stereocenters. The largest absolute Gasteiger partial charge is 0.465 e. The number of thiol groups is 1. The lowest BCUT2D eigenvalue weighted by molar-refractivity contribution is -0.388. The number of methoxy groups -OCH3 is 1. The van der Waals surface area contributed by atoms with E-state index < -0.39 is 15.6 Å². The molecule has 0 bridgehead atoms. The molecule has 0 amide bonds. The molecular formula is C8H9N3O4S3. The summed E-state index contributed by atoms with van der Waals surface area (Å²) in [4.78, 5) is 25.3. The van der Waals surface area contributed by atoms with Crippen molar-refractivity contribution in [2.45, 2.75) is 9.73 Å². The molecule has 7 nitrogen and oxygen atoms in total. The Labute approximate surface area is 116 Å². The highest BCUT2D eigenvalue weighted by Crippen LogP contribution is 2.38. The number of carbonyl (C=O) groups is 1. The maximum Gasteiger partial charge on any atom is 0.339 e. The van der Waals surface area contributed by atoms with E-state index >= 15 is 0 Å². The summed E-state index contributed by atoms with van der Waals surface area (Å²) in [7, 11) is 3.32. The molecule has 0 fully saturated rings. The van der Waals surface area contributed by atoms with Gasteiger partial charge in [0.25, 0.3) is 0 Å². The van der Waals surface area contributed by atoms with E-state index in [2.05, 4.69) is 22.3 Å². The summed E-state index contributed by atoms with van der Waals surface area (Å²) < 4.78 is 3.97. The molecule has 1 heterocycles. The first-order chi connectivity index (χ1) is 8.45. The van der Waals surface area contributed by atoms with Crippen molar-refractivity contribution < 1.29 is 14.5 Å². The Morgan fingerprint density at radius 1 is 1.72 bits per heavy atom. The normalized spacial score (nSPS) is 11.9. The van der Waals surface area contributed by atoms with Gasteiger partial charge >= 0.3 is 11.7 Å². The summed E-state index contributed by atoms with van der Waals surface area (Å²) >= 11 is 3.93. The minimum Gasteiger partial charge on any atom is -0.465 e. The number of carbonyl (C=O) groups excluding carboxylic acids is 1. The zero-order valence-corrected chi connectivity index (χ0v) is 11.6. The minimum absolute atomic E-state index is 0.0220. The smallest absolute Gasteiger partial charge is 0.339 e. The molecule has 0 aromatic carbocycles. The fourth-order valence-electron chi connectivity index (χ4n) is 0.960.